The summed E-state index contributed by atoms with van der Waals surface area (Å²) in [7, 11) is 0. The van der Waals surface area contributed by atoms with Crippen LogP contribution in [0.1, 0.15) is 0 Å². The van der Waals surface area contributed by atoms with Crippen LogP contribution in [0, 0.1) is 0 Å². The van der Waals surface area contributed by atoms with Gasteiger partial charge in [0.15, 0.2) is 5.69 Å². The Morgan fingerprint density at radius 2 is 1.60 bits per heavy atom. The minimum Gasteiger partial charge on any atom is -0.351 e. The second kappa shape index (κ2) is 6.63. The van der Waals surface area contributed by atoms with Gasteiger partial charge in [0, 0.05) is 38.0 Å². The summed E-state index contributed by atoms with van der Waals surface area (Å²) in [5.74, 6) is 0. The molecule has 0 amide bonds. The van der Waals surface area contributed by atoms with Crippen molar-refractivity contribution in [1.29, 1.82) is 0 Å². The second-order valence-electron chi connectivity index (χ2n) is 7.35. The molecule has 0 saturated heterocycles. The molecule has 0 unspecified atom stereocenters. The van der Waals surface area contributed by atoms with Crippen LogP contribution in [0.25, 0.3) is 44.3 Å². The van der Waals surface area contributed by atoms with Gasteiger partial charge in [-0.25, -0.2) is 0 Å². The maximum absolute atomic E-state index is 6.32. The molecule has 1 N–H and O–H groups in total. The molecular weight excluding hydrogens is 413 g/mol. The minimum absolute atomic E-state index is 0.702. The maximum atomic E-state index is 6.32. The molecule has 30 heavy (non-hydrogen) atoms. The van der Waals surface area contributed by atoms with Crippen LogP contribution in [-0.4, -0.2) is 9.55 Å². The van der Waals surface area contributed by atoms with Crippen LogP contribution >= 0.6 is 23.2 Å². The Morgan fingerprint density at radius 1 is 0.767 bits per heavy atom. The van der Waals surface area contributed by atoms with Gasteiger partial charge in [0.05, 0.1) is 11.7 Å². The van der Waals surface area contributed by atoms with E-state index in [9.17, 15) is 0 Å². The van der Waals surface area contributed by atoms with Crippen LogP contribution in [0.4, 0.5) is 0 Å². The summed E-state index contributed by atoms with van der Waals surface area (Å²) >= 11 is 12.5. The molecule has 0 spiro atoms. The van der Waals surface area contributed by atoms with E-state index in [4.69, 9.17) is 23.2 Å². The maximum Gasteiger partial charge on any atom is 0.254 e. The molecule has 0 bridgehead atoms. The molecule has 3 aromatic heterocycles. The third kappa shape index (κ3) is 2.63. The first-order chi connectivity index (χ1) is 14.7. The summed E-state index contributed by atoms with van der Waals surface area (Å²) in [6.07, 6.45) is 4.20. The topological polar surface area (TPSA) is 24.8 Å². The Labute approximate surface area is 182 Å². The van der Waals surface area contributed by atoms with Gasteiger partial charge >= 0.3 is 0 Å². The van der Waals surface area contributed by atoms with Gasteiger partial charge in [-0.05, 0) is 48.5 Å². The number of para-hydroxylation sites is 1. The van der Waals surface area contributed by atoms with E-state index in [1.54, 1.807) is 0 Å². The number of hydrogen-bond acceptors (Lipinski definition) is 0. The third-order valence-electron chi connectivity index (χ3n) is 5.55. The molecule has 6 rings (SSSR count). The Balaban J connectivity index is 1.79. The number of benzene rings is 3. The van der Waals surface area contributed by atoms with E-state index in [2.05, 4.69) is 75.0 Å². The van der Waals surface area contributed by atoms with Gasteiger partial charge in [-0.1, -0.05) is 47.5 Å². The van der Waals surface area contributed by atoms with Crippen molar-refractivity contribution in [1.82, 2.24) is 9.55 Å². The monoisotopic (exact) mass is 428 g/mol. The van der Waals surface area contributed by atoms with Crippen molar-refractivity contribution >= 4 is 50.5 Å². The first-order valence-electron chi connectivity index (χ1n) is 9.67. The highest BCUT2D eigenvalue weighted by Gasteiger charge is 2.25. The number of fused-ring (bicyclic) bond motifs is 5. The molecule has 0 atom stereocenters. The first kappa shape index (κ1) is 17.6. The van der Waals surface area contributed by atoms with Gasteiger partial charge in [-0.2, -0.15) is 8.97 Å². The molecule has 6 aromatic rings. The predicted octanol–water partition coefficient (Wildman–Crippen LogP) is 6.82. The van der Waals surface area contributed by atoms with E-state index in [0.717, 1.165) is 33.5 Å². The zero-order valence-electron chi connectivity index (χ0n) is 15.8. The molecule has 0 saturated carbocycles. The van der Waals surface area contributed by atoms with E-state index in [1.165, 1.54) is 10.8 Å². The summed E-state index contributed by atoms with van der Waals surface area (Å²) in [5.41, 5.74) is 6.48. The van der Waals surface area contributed by atoms with Gasteiger partial charge in [0.25, 0.3) is 6.33 Å². The summed E-state index contributed by atoms with van der Waals surface area (Å²) in [6, 6.07) is 26.4. The summed E-state index contributed by atoms with van der Waals surface area (Å²) in [6.45, 7) is 0. The third-order valence-corrected chi connectivity index (χ3v) is 6.04. The fourth-order valence-corrected chi connectivity index (χ4v) is 4.53. The van der Waals surface area contributed by atoms with Crippen molar-refractivity contribution in [2.45, 2.75) is 0 Å². The van der Waals surface area contributed by atoms with Gasteiger partial charge in [-0.15, -0.1) is 0 Å². The zero-order chi connectivity index (χ0) is 20.2. The fraction of sp³-hybridized carbons (Fsp3) is 0. The Kier molecular flexibility index (Phi) is 3.88. The lowest BCUT2D eigenvalue weighted by atomic mass is 10.1. The molecular formula is C25H16Cl2N3+. The van der Waals surface area contributed by atoms with Crippen LogP contribution in [0.3, 0.4) is 0 Å². The standard InChI is InChI=1S/C25H16Cl2N3/c26-17-10-8-16(9-11-17)24-25-23-21(20-6-1-2-7-22(20)28-23)12-13-29(25)15-30(24)19-5-3-4-18(27)14-19/h1-15,28H/q+1. The molecule has 0 aliphatic heterocycles. The zero-order valence-corrected chi connectivity index (χ0v) is 17.3. The molecule has 5 heteroatoms. The number of pyridine rings is 1. The van der Waals surface area contributed by atoms with E-state index in [1.807, 2.05) is 30.3 Å². The average molecular weight is 429 g/mol. The van der Waals surface area contributed by atoms with E-state index in [0.29, 0.717) is 10.0 Å². The smallest absolute Gasteiger partial charge is 0.254 e. The largest absolute Gasteiger partial charge is 0.351 e. The highest BCUT2D eigenvalue weighted by molar-refractivity contribution is 6.31. The summed E-state index contributed by atoms with van der Waals surface area (Å²) < 4.78 is 4.33. The van der Waals surface area contributed by atoms with Crippen molar-refractivity contribution in [3.63, 3.8) is 0 Å². The number of H-pyrrole nitrogens is 1. The van der Waals surface area contributed by atoms with Crippen molar-refractivity contribution in [2.75, 3.05) is 0 Å². The summed E-state index contributed by atoms with van der Waals surface area (Å²) in [4.78, 5) is 3.63. The number of hydrogen-bond donors (Lipinski definition) is 1. The number of aromatic amines is 1. The summed E-state index contributed by atoms with van der Waals surface area (Å²) in [5, 5.41) is 3.83. The van der Waals surface area contributed by atoms with Crippen LogP contribution in [0.15, 0.2) is 91.4 Å². The molecule has 0 fully saturated rings. The Hall–Kier alpha value is -3.27. The fourth-order valence-electron chi connectivity index (χ4n) is 4.22. The number of nitrogens with zero attached hydrogens (tertiary/aromatic N) is 2. The molecule has 3 heterocycles. The van der Waals surface area contributed by atoms with Gasteiger partial charge in [0.1, 0.15) is 5.69 Å². The normalized spacial score (nSPS) is 11.7. The highest BCUT2D eigenvalue weighted by Crippen LogP contribution is 2.34. The average Bonchev–Trinajstić information content (AvgIpc) is 3.33. The number of aromatic nitrogens is 3. The van der Waals surface area contributed by atoms with Crippen LogP contribution in [0.2, 0.25) is 10.0 Å². The van der Waals surface area contributed by atoms with Gasteiger partial charge < -0.3 is 4.98 Å². The van der Waals surface area contributed by atoms with Crippen LogP contribution < -0.4 is 4.40 Å². The Bertz CT molecular complexity index is 1560. The molecule has 0 aliphatic rings. The first-order valence-corrected chi connectivity index (χ1v) is 10.4. The Morgan fingerprint density at radius 3 is 2.43 bits per heavy atom. The number of halogens is 2. The molecule has 3 aromatic carbocycles. The highest BCUT2D eigenvalue weighted by atomic mass is 35.5. The molecule has 3 nitrogen and oxygen atoms in total. The van der Waals surface area contributed by atoms with Crippen molar-refractivity contribution in [3.05, 3.63) is 101 Å². The quantitative estimate of drug-likeness (QED) is 0.292. The van der Waals surface area contributed by atoms with Gasteiger partial charge in [0.2, 0.25) is 5.52 Å². The van der Waals surface area contributed by atoms with E-state index >= 15 is 0 Å². The molecule has 0 aliphatic carbocycles. The van der Waals surface area contributed by atoms with Crippen molar-refractivity contribution in [2.24, 2.45) is 0 Å². The lowest BCUT2D eigenvalue weighted by Crippen LogP contribution is -2.17. The molecule has 0 radical (unpaired) electrons. The lowest BCUT2D eigenvalue weighted by molar-refractivity contribution is -0.510. The second-order valence-corrected chi connectivity index (χ2v) is 8.22. The predicted molar refractivity (Wildman–Crippen MR) is 124 cm³/mol. The van der Waals surface area contributed by atoms with Crippen LogP contribution in [0.5, 0.6) is 0 Å². The van der Waals surface area contributed by atoms with Crippen LogP contribution in [-0.2, 0) is 0 Å². The number of rotatable bonds is 2. The van der Waals surface area contributed by atoms with Crippen molar-refractivity contribution < 1.29 is 4.40 Å². The molecule has 144 valence electrons. The van der Waals surface area contributed by atoms with E-state index in [-0.39, 0.29) is 0 Å². The van der Waals surface area contributed by atoms with E-state index < -0.39 is 0 Å². The SMILES string of the molecule is Clc1ccc(-c2c3c4[nH]c5ccccc5c4cc[n+]3cn2-c2cccc(Cl)c2)cc1. The van der Waals surface area contributed by atoms with Gasteiger partial charge in [-0.3, -0.25) is 0 Å². The lowest BCUT2D eigenvalue weighted by Gasteiger charge is -2.03. The number of imidazole rings is 1. The number of nitrogens with one attached hydrogen (secondary N) is 1. The minimum atomic E-state index is 0.702. The van der Waals surface area contributed by atoms with Crippen molar-refractivity contribution in [3.8, 4) is 16.9 Å².